The van der Waals surface area contributed by atoms with Gasteiger partial charge in [-0.3, -0.25) is 4.79 Å². The van der Waals surface area contributed by atoms with E-state index < -0.39 is 5.60 Å². The van der Waals surface area contributed by atoms with Crippen molar-refractivity contribution in [3.8, 4) is 0 Å². The van der Waals surface area contributed by atoms with Gasteiger partial charge in [-0.15, -0.1) is 0 Å². The van der Waals surface area contributed by atoms with Crippen molar-refractivity contribution in [1.29, 1.82) is 0 Å². The highest BCUT2D eigenvalue weighted by Crippen LogP contribution is 2.67. The molecule has 2 heteroatoms. The van der Waals surface area contributed by atoms with Crippen molar-refractivity contribution in [2.24, 2.45) is 28.6 Å². The van der Waals surface area contributed by atoms with Crippen molar-refractivity contribution in [3.63, 3.8) is 0 Å². The van der Waals surface area contributed by atoms with Crippen molar-refractivity contribution < 1.29 is 9.90 Å². The average Bonchev–Trinajstić information content (AvgIpc) is 2.80. The van der Waals surface area contributed by atoms with Crippen molar-refractivity contribution in [1.82, 2.24) is 0 Å². The molecule has 0 radical (unpaired) electrons. The molecule has 0 aliphatic heterocycles. The quantitative estimate of drug-likeness (QED) is 0.764. The van der Waals surface area contributed by atoms with Crippen LogP contribution in [0.1, 0.15) is 78.6 Å². The molecule has 1 N–H and O–H groups in total. The molecule has 2 nitrogen and oxygen atoms in total. The predicted molar refractivity (Wildman–Crippen MR) is 92.0 cm³/mol. The summed E-state index contributed by atoms with van der Waals surface area (Å²) in [6.07, 6.45) is 11.6. The van der Waals surface area contributed by atoms with Gasteiger partial charge >= 0.3 is 0 Å². The van der Waals surface area contributed by atoms with Crippen LogP contribution in [0.25, 0.3) is 0 Å². The summed E-state index contributed by atoms with van der Waals surface area (Å²) in [5, 5.41) is 11.2. The van der Waals surface area contributed by atoms with Gasteiger partial charge in [-0.2, -0.15) is 0 Å². The second-order valence-corrected chi connectivity index (χ2v) is 9.35. The third kappa shape index (κ3) is 1.94. The van der Waals surface area contributed by atoms with Crippen LogP contribution in [0, 0.1) is 28.6 Å². The van der Waals surface area contributed by atoms with Crippen molar-refractivity contribution in [2.45, 2.75) is 84.2 Å². The molecule has 23 heavy (non-hydrogen) atoms. The zero-order valence-electron chi connectivity index (χ0n) is 15.0. The number of rotatable bonds is 1. The zero-order chi connectivity index (χ0) is 16.5. The third-order valence-corrected chi connectivity index (χ3v) is 8.87. The summed E-state index contributed by atoms with van der Waals surface area (Å²) in [5.41, 5.74) is 1.38. The van der Waals surface area contributed by atoms with Crippen LogP contribution in [0.3, 0.4) is 0 Å². The molecule has 128 valence electrons. The lowest BCUT2D eigenvalue weighted by Crippen LogP contribution is -2.54. The Kier molecular flexibility index (Phi) is 3.41. The summed E-state index contributed by atoms with van der Waals surface area (Å²) >= 11 is 0. The molecule has 4 aliphatic rings. The van der Waals surface area contributed by atoms with E-state index in [0.717, 1.165) is 43.9 Å². The Morgan fingerprint density at radius 1 is 1.09 bits per heavy atom. The minimum Gasteiger partial charge on any atom is -0.389 e. The maximum atomic E-state index is 11.9. The molecule has 4 rings (SSSR count). The SMILES string of the molecule is CC[C@]1(O)CCC2C3CCC4=CC(=O)CCC4(C)C3CCC21C. The van der Waals surface area contributed by atoms with Crippen LogP contribution in [0.15, 0.2) is 11.6 Å². The highest BCUT2D eigenvalue weighted by Gasteiger charge is 2.63. The Hall–Kier alpha value is -0.630. The summed E-state index contributed by atoms with van der Waals surface area (Å²) < 4.78 is 0. The van der Waals surface area contributed by atoms with Gasteiger partial charge in [-0.25, -0.2) is 0 Å². The van der Waals surface area contributed by atoms with Gasteiger partial charge in [0.1, 0.15) is 0 Å². The van der Waals surface area contributed by atoms with Gasteiger partial charge in [0.25, 0.3) is 0 Å². The molecule has 0 aromatic carbocycles. The lowest BCUT2D eigenvalue weighted by molar-refractivity contribution is -0.130. The Balaban J connectivity index is 1.69. The maximum Gasteiger partial charge on any atom is 0.155 e. The number of aliphatic hydroxyl groups is 1. The second kappa shape index (κ2) is 4.94. The van der Waals surface area contributed by atoms with Gasteiger partial charge in [0.15, 0.2) is 5.78 Å². The van der Waals surface area contributed by atoms with Crippen LogP contribution < -0.4 is 0 Å². The van der Waals surface area contributed by atoms with Crippen LogP contribution in [0.2, 0.25) is 0 Å². The average molecular weight is 316 g/mol. The van der Waals surface area contributed by atoms with E-state index in [4.69, 9.17) is 0 Å². The van der Waals surface area contributed by atoms with E-state index in [9.17, 15) is 9.90 Å². The van der Waals surface area contributed by atoms with Gasteiger partial charge in [-0.1, -0.05) is 26.3 Å². The monoisotopic (exact) mass is 316 g/mol. The van der Waals surface area contributed by atoms with Crippen molar-refractivity contribution in [3.05, 3.63) is 11.6 Å². The zero-order valence-corrected chi connectivity index (χ0v) is 15.0. The van der Waals surface area contributed by atoms with E-state index in [1.54, 1.807) is 0 Å². The first-order valence-electron chi connectivity index (χ1n) is 9.80. The van der Waals surface area contributed by atoms with Gasteiger partial charge in [0.2, 0.25) is 0 Å². The fraction of sp³-hybridized carbons (Fsp3) is 0.857. The van der Waals surface area contributed by atoms with E-state index >= 15 is 0 Å². The van der Waals surface area contributed by atoms with E-state index in [2.05, 4.69) is 20.8 Å². The number of carbonyl (C=O) groups is 1. The Bertz CT molecular complexity index is 564. The van der Waals surface area contributed by atoms with Crippen LogP contribution in [-0.2, 0) is 4.79 Å². The number of carbonyl (C=O) groups excluding carboxylic acids is 1. The molecule has 0 heterocycles. The molecule has 0 spiro atoms. The Morgan fingerprint density at radius 3 is 2.57 bits per heavy atom. The van der Waals surface area contributed by atoms with E-state index in [-0.39, 0.29) is 10.8 Å². The molecule has 0 aromatic heterocycles. The fourth-order valence-electron chi connectivity index (χ4n) is 7.25. The highest BCUT2D eigenvalue weighted by molar-refractivity contribution is 5.91. The Labute approximate surface area is 140 Å². The number of hydrogen-bond donors (Lipinski definition) is 1. The smallest absolute Gasteiger partial charge is 0.155 e. The summed E-state index contributed by atoms with van der Waals surface area (Å²) in [6.45, 7) is 6.98. The summed E-state index contributed by atoms with van der Waals surface area (Å²) in [7, 11) is 0. The maximum absolute atomic E-state index is 11.9. The standard InChI is InChI=1S/C21H32O2/c1-4-21(23)12-9-18-16-6-5-14-13-15(22)7-10-19(14,2)17(16)8-11-20(18,21)3/h13,16-18,23H,4-12H2,1-3H3/t16?,17?,18?,19?,20?,21-/m0/s1. The molecular formula is C21H32O2. The molecule has 0 bridgehead atoms. The van der Waals surface area contributed by atoms with Gasteiger partial charge < -0.3 is 5.11 Å². The normalized spacial score (nSPS) is 52.4. The number of ketones is 1. The number of fused-ring (bicyclic) bond motifs is 5. The minimum atomic E-state index is -0.442. The van der Waals surface area contributed by atoms with E-state index in [1.165, 1.54) is 31.3 Å². The molecular weight excluding hydrogens is 284 g/mol. The Morgan fingerprint density at radius 2 is 1.83 bits per heavy atom. The van der Waals surface area contributed by atoms with Crippen LogP contribution >= 0.6 is 0 Å². The first-order chi connectivity index (χ1) is 10.8. The van der Waals surface area contributed by atoms with Gasteiger partial charge in [-0.05, 0) is 86.0 Å². The molecule has 0 aromatic rings. The molecule has 6 atom stereocenters. The van der Waals surface area contributed by atoms with Gasteiger partial charge in [0, 0.05) is 6.42 Å². The molecule has 5 unspecified atom stereocenters. The first kappa shape index (κ1) is 15.9. The predicted octanol–water partition coefficient (Wildman–Crippen LogP) is 4.66. The fourth-order valence-corrected chi connectivity index (χ4v) is 7.25. The summed E-state index contributed by atoms with van der Waals surface area (Å²) in [6, 6.07) is 0. The van der Waals surface area contributed by atoms with Crippen LogP contribution in [0.4, 0.5) is 0 Å². The molecule has 3 fully saturated rings. The molecule has 4 aliphatic carbocycles. The van der Waals surface area contributed by atoms with Gasteiger partial charge in [0.05, 0.1) is 5.60 Å². The van der Waals surface area contributed by atoms with Crippen molar-refractivity contribution >= 4 is 5.78 Å². The van der Waals surface area contributed by atoms with E-state index in [1.807, 2.05) is 6.08 Å². The van der Waals surface area contributed by atoms with Crippen LogP contribution in [0.5, 0.6) is 0 Å². The van der Waals surface area contributed by atoms with Crippen molar-refractivity contribution in [2.75, 3.05) is 0 Å². The molecule has 0 saturated heterocycles. The second-order valence-electron chi connectivity index (χ2n) is 9.35. The largest absolute Gasteiger partial charge is 0.389 e. The third-order valence-electron chi connectivity index (χ3n) is 8.87. The summed E-state index contributed by atoms with van der Waals surface area (Å²) in [4.78, 5) is 11.9. The number of allylic oxidation sites excluding steroid dienone is 1. The highest BCUT2D eigenvalue weighted by atomic mass is 16.3. The molecule has 0 amide bonds. The van der Waals surface area contributed by atoms with Crippen LogP contribution in [-0.4, -0.2) is 16.5 Å². The first-order valence-corrected chi connectivity index (χ1v) is 9.80. The molecule has 3 saturated carbocycles. The summed E-state index contributed by atoms with van der Waals surface area (Å²) in [5.74, 6) is 2.51. The topological polar surface area (TPSA) is 37.3 Å². The lowest BCUT2D eigenvalue weighted by Gasteiger charge is -2.59. The number of hydrogen-bond acceptors (Lipinski definition) is 2. The van der Waals surface area contributed by atoms with E-state index in [0.29, 0.717) is 11.7 Å². The minimum absolute atomic E-state index is 0.116. The lowest BCUT2D eigenvalue weighted by atomic mass is 9.46.